The summed E-state index contributed by atoms with van der Waals surface area (Å²) in [7, 11) is 0. The molecule has 0 aromatic carbocycles. The number of nitrogens with zero attached hydrogens (tertiary/aromatic N) is 1. The zero-order valence-corrected chi connectivity index (χ0v) is 10.3. The molecule has 4 heteroatoms. The number of rotatable bonds is 1. The third-order valence-corrected chi connectivity index (χ3v) is 4.44. The molecule has 0 aliphatic carbocycles. The molecule has 15 heavy (non-hydrogen) atoms. The molecule has 0 aromatic heterocycles. The lowest BCUT2D eigenvalue weighted by Crippen LogP contribution is -2.57. The highest BCUT2D eigenvalue weighted by molar-refractivity contribution is 8.00. The van der Waals surface area contributed by atoms with Crippen molar-refractivity contribution in [1.29, 1.82) is 0 Å². The van der Waals surface area contributed by atoms with Gasteiger partial charge in [-0.15, -0.1) is 11.8 Å². The van der Waals surface area contributed by atoms with Crippen LogP contribution in [-0.2, 0) is 4.79 Å². The molecule has 0 spiro atoms. The topological polar surface area (TPSA) is 32.3 Å². The number of carbonyl (C=O) groups excluding carboxylic acids is 1. The smallest absolute Gasteiger partial charge is 0.235 e. The summed E-state index contributed by atoms with van der Waals surface area (Å²) >= 11 is 1.83. The Labute approximate surface area is 96.0 Å². The van der Waals surface area contributed by atoms with Crippen LogP contribution < -0.4 is 5.32 Å². The first kappa shape index (κ1) is 11.3. The average molecular weight is 228 g/mol. The summed E-state index contributed by atoms with van der Waals surface area (Å²) in [5.41, 5.74) is 0. The van der Waals surface area contributed by atoms with Crippen LogP contribution in [0, 0.1) is 0 Å². The van der Waals surface area contributed by atoms with Gasteiger partial charge in [-0.05, 0) is 32.4 Å². The normalized spacial score (nSPS) is 36.9. The van der Waals surface area contributed by atoms with Gasteiger partial charge >= 0.3 is 0 Å². The van der Waals surface area contributed by atoms with Gasteiger partial charge < -0.3 is 10.2 Å². The lowest BCUT2D eigenvalue weighted by molar-refractivity contribution is -0.132. The minimum atomic E-state index is 0.252. The van der Waals surface area contributed by atoms with Crippen LogP contribution in [0.15, 0.2) is 0 Å². The van der Waals surface area contributed by atoms with Gasteiger partial charge in [-0.3, -0.25) is 4.79 Å². The molecule has 1 N–H and O–H groups in total. The van der Waals surface area contributed by atoms with E-state index in [2.05, 4.69) is 24.1 Å². The molecule has 3 unspecified atom stereocenters. The number of piperazine rings is 1. The zero-order valence-electron chi connectivity index (χ0n) is 9.53. The molecule has 2 saturated heterocycles. The molecule has 2 aliphatic rings. The zero-order chi connectivity index (χ0) is 10.8. The fourth-order valence-electron chi connectivity index (χ4n) is 2.48. The van der Waals surface area contributed by atoms with Crippen LogP contribution in [0.4, 0.5) is 0 Å². The van der Waals surface area contributed by atoms with Crippen molar-refractivity contribution >= 4 is 17.7 Å². The maximum absolute atomic E-state index is 12.2. The van der Waals surface area contributed by atoms with Crippen molar-refractivity contribution in [2.45, 2.75) is 44.0 Å². The summed E-state index contributed by atoms with van der Waals surface area (Å²) in [5, 5.41) is 3.71. The molecule has 2 aliphatic heterocycles. The molecule has 86 valence electrons. The average Bonchev–Trinajstić information content (AvgIpc) is 2.67. The molecule has 0 aromatic rings. The Bertz CT molecular complexity index is 231. The van der Waals surface area contributed by atoms with Gasteiger partial charge in [-0.25, -0.2) is 0 Å². The quantitative estimate of drug-likeness (QED) is 0.729. The number of nitrogens with one attached hydrogen (secondary N) is 1. The molecular formula is C11H20N2OS. The van der Waals surface area contributed by atoms with E-state index in [1.54, 1.807) is 0 Å². The molecule has 3 nitrogen and oxygen atoms in total. The van der Waals surface area contributed by atoms with Crippen molar-refractivity contribution in [3.8, 4) is 0 Å². The van der Waals surface area contributed by atoms with Crippen LogP contribution in [0.2, 0.25) is 0 Å². The molecule has 2 rings (SSSR count). The highest BCUT2D eigenvalue weighted by Gasteiger charge is 2.31. The van der Waals surface area contributed by atoms with E-state index in [4.69, 9.17) is 0 Å². The standard InChI is InChI=1S/C11H20N2OS/c1-8-6-13(7-9(2)12-8)11(14)10-4-3-5-15-10/h8-10,12H,3-7H2,1-2H3. The highest BCUT2D eigenvalue weighted by atomic mass is 32.2. The minimum absolute atomic E-state index is 0.252. The van der Waals surface area contributed by atoms with E-state index >= 15 is 0 Å². The predicted octanol–water partition coefficient (Wildman–Crippen LogP) is 1.09. The number of hydrogen-bond acceptors (Lipinski definition) is 3. The lowest BCUT2D eigenvalue weighted by Gasteiger charge is -2.37. The van der Waals surface area contributed by atoms with Crippen LogP contribution in [0.3, 0.4) is 0 Å². The number of carbonyl (C=O) groups is 1. The van der Waals surface area contributed by atoms with Gasteiger partial charge in [-0.2, -0.15) is 0 Å². The van der Waals surface area contributed by atoms with E-state index in [-0.39, 0.29) is 5.25 Å². The first-order chi connectivity index (χ1) is 7.16. The SMILES string of the molecule is CC1CN(C(=O)C2CCCS2)CC(C)N1. The summed E-state index contributed by atoms with van der Waals surface area (Å²) in [6.45, 7) is 6.05. The Morgan fingerprint density at radius 2 is 2.00 bits per heavy atom. The first-order valence-electron chi connectivity index (χ1n) is 5.83. The Balaban J connectivity index is 1.93. The molecule has 0 saturated carbocycles. The molecule has 2 heterocycles. The van der Waals surface area contributed by atoms with E-state index in [1.807, 2.05) is 11.8 Å². The maximum Gasteiger partial charge on any atom is 0.235 e. The van der Waals surface area contributed by atoms with Crippen LogP contribution in [-0.4, -0.2) is 47.0 Å². The fourth-order valence-corrected chi connectivity index (χ4v) is 3.73. The van der Waals surface area contributed by atoms with Crippen molar-refractivity contribution in [2.75, 3.05) is 18.8 Å². The second-order valence-corrected chi connectivity index (χ2v) is 6.02. The van der Waals surface area contributed by atoms with Crippen molar-refractivity contribution in [2.24, 2.45) is 0 Å². The second kappa shape index (κ2) is 4.74. The molecule has 1 amide bonds. The van der Waals surface area contributed by atoms with Gasteiger partial charge in [0.2, 0.25) is 5.91 Å². The van der Waals surface area contributed by atoms with Crippen molar-refractivity contribution in [3.63, 3.8) is 0 Å². The Morgan fingerprint density at radius 3 is 2.53 bits per heavy atom. The van der Waals surface area contributed by atoms with Crippen LogP contribution in [0.5, 0.6) is 0 Å². The lowest BCUT2D eigenvalue weighted by atomic mass is 10.1. The summed E-state index contributed by atoms with van der Waals surface area (Å²) in [4.78, 5) is 14.2. The molecule has 2 fully saturated rings. The van der Waals surface area contributed by atoms with E-state index < -0.39 is 0 Å². The second-order valence-electron chi connectivity index (χ2n) is 4.71. The van der Waals surface area contributed by atoms with Crippen molar-refractivity contribution in [1.82, 2.24) is 10.2 Å². The fraction of sp³-hybridized carbons (Fsp3) is 0.909. The number of thioether (sulfide) groups is 1. The van der Waals surface area contributed by atoms with Crippen molar-refractivity contribution < 1.29 is 4.79 Å². The monoisotopic (exact) mass is 228 g/mol. The van der Waals surface area contributed by atoms with Gasteiger partial charge in [0, 0.05) is 25.2 Å². The van der Waals surface area contributed by atoms with E-state index in [9.17, 15) is 4.79 Å². The summed E-state index contributed by atoms with van der Waals surface area (Å²) in [6.07, 6.45) is 2.29. The molecule has 0 radical (unpaired) electrons. The van der Waals surface area contributed by atoms with Gasteiger partial charge in [0.05, 0.1) is 5.25 Å². The van der Waals surface area contributed by atoms with Crippen LogP contribution in [0.1, 0.15) is 26.7 Å². The summed E-state index contributed by atoms with van der Waals surface area (Å²) in [5.74, 6) is 1.53. The van der Waals surface area contributed by atoms with Gasteiger partial charge in [-0.1, -0.05) is 0 Å². The molecular weight excluding hydrogens is 208 g/mol. The number of hydrogen-bond donors (Lipinski definition) is 1. The third kappa shape index (κ3) is 2.67. The van der Waals surface area contributed by atoms with Crippen molar-refractivity contribution in [3.05, 3.63) is 0 Å². The molecule has 3 atom stereocenters. The van der Waals surface area contributed by atoms with Gasteiger partial charge in [0.25, 0.3) is 0 Å². The maximum atomic E-state index is 12.2. The third-order valence-electron chi connectivity index (χ3n) is 3.07. The van der Waals surface area contributed by atoms with E-state index in [0.29, 0.717) is 18.0 Å². The Morgan fingerprint density at radius 1 is 1.33 bits per heavy atom. The van der Waals surface area contributed by atoms with E-state index in [0.717, 1.165) is 25.3 Å². The Hall–Kier alpha value is -0.220. The summed E-state index contributed by atoms with van der Waals surface area (Å²) < 4.78 is 0. The van der Waals surface area contributed by atoms with E-state index in [1.165, 1.54) is 6.42 Å². The first-order valence-corrected chi connectivity index (χ1v) is 6.88. The Kier molecular flexibility index (Phi) is 3.57. The molecule has 0 bridgehead atoms. The predicted molar refractivity (Wildman–Crippen MR) is 64.1 cm³/mol. The van der Waals surface area contributed by atoms with Gasteiger partial charge in [0.1, 0.15) is 0 Å². The van der Waals surface area contributed by atoms with Gasteiger partial charge in [0.15, 0.2) is 0 Å². The minimum Gasteiger partial charge on any atom is -0.339 e. The number of amides is 1. The highest BCUT2D eigenvalue weighted by Crippen LogP contribution is 2.28. The van der Waals surface area contributed by atoms with Crippen LogP contribution in [0.25, 0.3) is 0 Å². The summed E-state index contributed by atoms with van der Waals surface area (Å²) in [6, 6.07) is 0.869. The van der Waals surface area contributed by atoms with Crippen LogP contribution >= 0.6 is 11.8 Å². The largest absolute Gasteiger partial charge is 0.339 e.